The van der Waals surface area contributed by atoms with Crippen LogP contribution in [0.2, 0.25) is 0 Å². The molecule has 18 heavy (non-hydrogen) atoms. The summed E-state index contributed by atoms with van der Waals surface area (Å²) < 4.78 is 37.6. The monoisotopic (exact) mass is 252 g/mol. The van der Waals surface area contributed by atoms with E-state index in [4.69, 9.17) is 5.26 Å². The Labute approximate surface area is 100 Å². The molecular formula is C11H7F3N4. The minimum Gasteiger partial charge on any atom is -0.262 e. The zero-order chi connectivity index (χ0) is 13.2. The van der Waals surface area contributed by atoms with E-state index < -0.39 is 11.7 Å². The second-order valence-electron chi connectivity index (χ2n) is 3.52. The van der Waals surface area contributed by atoms with Gasteiger partial charge < -0.3 is 0 Å². The second-order valence-corrected chi connectivity index (χ2v) is 3.52. The van der Waals surface area contributed by atoms with Gasteiger partial charge in [0.05, 0.1) is 18.1 Å². The maximum absolute atomic E-state index is 12.5. The topological polar surface area (TPSA) is 65.4 Å². The Balaban J connectivity index is 2.36. The average molecular weight is 252 g/mol. The number of nitriles is 1. The summed E-state index contributed by atoms with van der Waals surface area (Å²) in [5, 5.41) is 14.7. The van der Waals surface area contributed by atoms with Crippen molar-refractivity contribution in [3.05, 3.63) is 35.7 Å². The van der Waals surface area contributed by atoms with Crippen molar-refractivity contribution in [3.8, 4) is 17.5 Å². The highest BCUT2D eigenvalue weighted by Gasteiger charge is 2.30. The molecule has 1 aromatic carbocycles. The number of hydrogen-bond acceptors (Lipinski definition) is 3. The highest BCUT2D eigenvalue weighted by molar-refractivity contribution is 5.56. The van der Waals surface area contributed by atoms with Gasteiger partial charge in [-0.25, -0.2) is 4.98 Å². The van der Waals surface area contributed by atoms with Gasteiger partial charge in [0, 0.05) is 5.56 Å². The van der Waals surface area contributed by atoms with Crippen LogP contribution in [0.15, 0.2) is 24.3 Å². The molecule has 0 bridgehead atoms. The first kappa shape index (κ1) is 12.1. The van der Waals surface area contributed by atoms with E-state index in [9.17, 15) is 13.2 Å². The second kappa shape index (κ2) is 4.49. The predicted octanol–water partition coefficient (Wildman–Crippen LogP) is 2.56. The van der Waals surface area contributed by atoms with E-state index in [0.717, 1.165) is 12.1 Å². The molecule has 0 aliphatic carbocycles. The zero-order valence-corrected chi connectivity index (χ0v) is 8.99. The largest absolute Gasteiger partial charge is 0.416 e. The van der Waals surface area contributed by atoms with Crippen molar-refractivity contribution < 1.29 is 13.2 Å². The number of benzene rings is 1. The molecule has 0 aliphatic heterocycles. The van der Waals surface area contributed by atoms with Gasteiger partial charge in [-0.05, 0) is 12.1 Å². The standard InChI is InChI=1S/C11H7F3N4/c12-11(13,14)8-3-1-2-7(6-8)10-16-9(4-5-15)17-18-10/h1-3,6H,4H2,(H,16,17,18). The van der Waals surface area contributed by atoms with Gasteiger partial charge in [-0.15, -0.1) is 0 Å². The molecule has 7 heteroatoms. The molecule has 1 N–H and O–H groups in total. The molecule has 0 saturated heterocycles. The van der Waals surface area contributed by atoms with Crippen molar-refractivity contribution >= 4 is 0 Å². The number of aromatic nitrogens is 3. The summed E-state index contributed by atoms with van der Waals surface area (Å²) in [7, 11) is 0. The maximum Gasteiger partial charge on any atom is 0.416 e. The minimum absolute atomic E-state index is 0.0337. The van der Waals surface area contributed by atoms with E-state index in [1.54, 1.807) is 0 Å². The normalized spacial score (nSPS) is 11.2. The van der Waals surface area contributed by atoms with Gasteiger partial charge in [-0.2, -0.15) is 23.5 Å². The summed E-state index contributed by atoms with van der Waals surface area (Å²) >= 11 is 0. The Bertz CT molecular complexity index is 595. The number of hydrogen-bond donors (Lipinski definition) is 1. The van der Waals surface area contributed by atoms with Gasteiger partial charge in [0.25, 0.3) is 0 Å². The fraction of sp³-hybridized carbons (Fsp3) is 0.182. The van der Waals surface area contributed by atoms with Crippen LogP contribution in [0.3, 0.4) is 0 Å². The fourth-order valence-corrected chi connectivity index (χ4v) is 1.41. The molecule has 2 rings (SSSR count). The number of H-pyrrole nitrogens is 1. The van der Waals surface area contributed by atoms with Crippen LogP contribution in [0, 0.1) is 11.3 Å². The van der Waals surface area contributed by atoms with Crippen molar-refractivity contribution in [1.82, 2.24) is 15.2 Å². The minimum atomic E-state index is -4.40. The lowest BCUT2D eigenvalue weighted by Gasteiger charge is -2.06. The lowest BCUT2D eigenvalue weighted by Crippen LogP contribution is -2.04. The van der Waals surface area contributed by atoms with E-state index in [-0.39, 0.29) is 17.8 Å². The predicted molar refractivity (Wildman–Crippen MR) is 56.1 cm³/mol. The van der Waals surface area contributed by atoms with Crippen LogP contribution in [-0.4, -0.2) is 15.2 Å². The number of nitrogens with one attached hydrogen (secondary N) is 1. The Kier molecular flexibility index (Phi) is 3.02. The van der Waals surface area contributed by atoms with Gasteiger partial charge in [-0.3, -0.25) is 5.10 Å². The first-order chi connectivity index (χ1) is 8.50. The van der Waals surface area contributed by atoms with Gasteiger partial charge in [0.1, 0.15) is 5.82 Å². The molecule has 0 unspecified atom stereocenters. The van der Waals surface area contributed by atoms with E-state index >= 15 is 0 Å². The molecule has 0 saturated carbocycles. The number of halogens is 3. The molecule has 1 aromatic heterocycles. The van der Waals surface area contributed by atoms with Crippen molar-refractivity contribution in [1.29, 1.82) is 5.26 Å². The molecule has 2 aromatic rings. The van der Waals surface area contributed by atoms with Crippen molar-refractivity contribution in [2.45, 2.75) is 12.6 Å². The lowest BCUT2D eigenvalue weighted by molar-refractivity contribution is -0.137. The summed E-state index contributed by atoms with van der Waals surface area (Å²) in [6.45, 7) is 0. The van der Waals surface area contributed by atoms with Crippen LogP contribution in [0.5, 0.6) is 0 Å². The molecule has 92 valence electrons. The third-order valence-corrected chi connectivity index (χ3v) is 2.23. The molecule has 0 spiro atoms. The summed E-state index contributed by atoms with van der Waals surface area (Å²) in [5.74, 6) is 0.469. The van der Waals surface area contributed by atoms with Crippen molar-refractivity contribution in [2.24, 2.45) is 0 Å². The first-order valence-electron chi connectivity index (χ1n) is 4.96. The van der Waals surface area contributed by atoms with Crippen LogP contribution < -0.4 is 0 Å². The molecule has 0 radical (unpaired) electrons. The molecule has 1 heterocycles. The molecule has 4 nitrogen and oxygen atoms in total. The van der Waals surface area contributed by atoms with Gasteiger partial charge in [0.2, 0.25) is 0 Å². The van der Waals surface area contributed by atoms with Crippen LogP contribution in [-0.2, 0) is 12.6 Å². The fourth-order valence-electron chi connectivity index (χ4n) is 1.41. The summed E-state index contributed by atoms with van der Waals surface area (Å²) in [6.07, 6.45) is -4.37. The summed E-state index contributed by atoms with van der Waals surface area (Å²) in [6, 6.07) is 6.59. The smallest absolute Gasteiger partial charge is 0.262 e. The third-order valence-electron chi connectivity index (χ3n) is 2.23. The average Bonchev–Trinajstić information content (AvgIpc) is 2.77. The van der Waals surface area contributed by atoms with Crippen LogP contribution in [0.1, 0.15) is 11.4 Å². The van der Waals surface area contributed by atoms with Crippen molar-refractivity contribution in [3.63, 3.8) is 0 Å². The highest BCUT2D eigenvalue weighted by atomic mass is 19.4. The van der Waals surface area contributed by atoms with E-state index in [1.807, 2.05) is 6.07 Å². The highest BCUT2D eigenvalue weighted by Crippen LogP contribution is 2.31. The third kappa shape index (κ3) is 2.48. The summed E-state index contributed by atoms with van der Waals surface area (Å²) in [4.78, 5) is 3.94. The first-order valence-corrected chi connectivity index (χ1v) is 4.96. The molecule has 0 atom stereocenters. The van der Waals surface area contributed by atoms with E-state index in [0.29, 0.717) is 5.82 Å². The lowest BCUT2D eigenvalue weighted by atomic mass is 10.1. The Hall–Kier alpha value is -2.36. The Morgan fingerprint density at radius 2 is 2.11 bits per heavy atom. The molecule has 0 fully saturated rings. The van der Waals surface area contributed by atoms with Crippen LogP contribution in [0.4, 0.5) is 13.2 Å². The Morgan fingerprint density at radius 1 is 1.33 bits per heavy atom. The quantitative estimate of drug-likeness (QED) is 0.893. The molecular weight excluding hydrogens is 245 g/mol. The molecule has 0 aliphatic rings. The number of rotatable bonds is 2. The van der Waals surface area contributed by atoms with Gasteiger partial charge in [-0.1, -0.05) is 12.1 Å². The van der Waals surface area contributed by atoms with E-state index in [1.165, 1.54) is 12.1 Å². The van der Waals surface area contributed by atoms with Crippen LogP contribution in [0.25, 0.3) is 11.4 Å². The van der Waals surface area contributed by atoms with E-state index in [2.05, 4.69) is 15.2 Å². The maximum atomic E-state index is 12.5. The zero-order valence-electron chi connectivity index (χ0n) is 8.99. The SMILES string of the molecule is N#CCc1nc(-c2cccc(C(F)(F)F)c2)n[nH]1. The number of nitrogens with zero attached hydrogens (tertiary/aromatic N) is 3. The number of alkyl halides is 3. The van der Waals surface area contributed by atoms with Gasteiger partial charge >= 0.3 is 6.18 Å². The summed E-state index contributed by atoms with van der Waals surface area (Å²) in [5.41, 5.74) is -0.503. The number of aromatic amines is 1. The molecule has 0 amide bonds. The van der Waals surface area contributed by atoms with Crippen molar-refractivity contribution in [2.75, 3.05) is 0 Å². The van der Waals surface area contributed by atoms with Gasteiger partial charge in [0.15, 0.2) is 5.82 Å². The van der Waals surface area contributed by atoms with Crippen LogP contribution >= 0.6 is 0 Å². The Morgan fingerprint density at radius 3 is 2.78 bits per heavy atom.